The van der Waals surface area contributed by atoms with Crippen LogP contribution in [0, 0.1) is 0 Å². The highest BCUT2D eigenvalue weighted by Crippen LogP contribution is 2.34. The molecule has 0 saturated heterocycles. The van der Waals surface area contributed by atoms with Gasteiger partial charge in [0.05, 0.1) is 20.7 Å². The molecule has 0 aromatic heterocycles. The van der Waals surface area contributed by atoms with Crippen LogP contribution >= 0.6 is 27.5 Å². The van der Waals surface area contributed by atoms with Crippen molar-refractivity contribution in [2.45, 2.75) is 25.9 Å². The summed E-state index contributed by atoms with van der Waals surface area (Å²) in [6.45, 7) is 1.71. The number of benzene rings is 2. The minimum Gasteiger partial charge on any atom is -0.483 e. The summed E-state index contributed by atoms with van der Waals surface area (Å²) in [7, 11) is 0. The van der Waals surface area contributed by atoms with E-state index in [-0.39, 0.29) is 17.3 Å². The monoisotopic (exact) mass is 449 g/mol. The van der Waals surface area contributed by atoms with E-state index in [1.165, 1.54) is 0 Å². The van der Waals surface area contributed by atoms with Gasteiger partial charge in [0.25, 0.3) is 5.91 Å². The first-order valence-corrected chi connectivity index (χ1v) is 8.95. The van der Waals surface area contributed by atoms with Crippen LogP contribution in [0.15, 0.2) is 40.9 Å². The largest absolute Gasteiger partial charge is 0.483 e. The number of halogens is 5. The average Bonchev–Trinajstić information content (AvgIpc) is 2.55. The normalized spacial score (nSPS) is 11.3. The highest BCUT2D eigenvalue weighted by atomic mass is 79.9. The van der Waals surface area contributed by atoms with Crippen LogP contribution in [-0.4, -0.2) is 12.5 Å². The van der Waals surface area contributed by atoms with E-state index in [1.807, 2.05) is 12.1 Å². The SMILES string of the molecule is CCCc1ccc(OCC(=O)Nc2cc(C(F)(F)F)ccc2Cl)c(Br)c1. The summed E-state index contributed by atoms with van der Waals surface area (Å²) in [6.07, 6.45) is -2.59. The molecule has 140 valence electrons. The molecule has 1 N–H and O–H groups in total. The predicted molar refractivity (Wildman–Crippen MR) is 98.7 cm³/mol. The number of anilines is 1. The van der Waals surface area contributed by atoms with Gasteiger partial charge >= 0.3 is 6.18 Å². The van der Waals surface area contributed by atoms with Crippen molar-refractivity contribution < 1.29 is 22.7 Å². The smallest absolute Gasteiger partial charge is 0.416 e. The van der Waals surface area contributed by atoms with Gasteiger partial charge in [-0.1, -0.05) is 31.0 Å². The van der Waals surface area contributed by atoms with Gasteiger partial charge < -0.3 is 10.1 Å². The van der Waals surface area contributed by atoms with Crippen molar-refractivity contribution in [2.75, 3.05) is 11.9 Å². The summed E-state index contributed by atoms with van der Waals surface area (Å²) in [4.78, 5) is 12.0. The number of ether oxygens (including phenoxy) is 1. The molecule has 2 aromatic rings. The maximum Gasteiger partial charge on any atom is 0.416 e. The Morgan fingerprint density at radius 2 is 1.96 bits per heavy atom. The van der Waals surface area contributed by atoms with Crippen molar-refractivity contribution in [1.82, 2.24) is 0 Å². The molecular weight excluding hydrogens is 435 g/mol. The number of hydrogen-bond donors (Lipinski definition) is 1. The van der Waals surface area contributed by atoms with Crippen molar-refractivity contribution in [2.24, 2.45) is 0 Å². The molecule has 8 heteroatoms. The summed E-state index contributed by atoms with van der Waals surface area (Å²) >= 11 is 9.22. The number of carbonyl (C=O) groups excluding carboxylic acids is 1. The van der Waals surface area contributed by atoms with E-state index in [0.717, 1.165) is 36.6 Å². The molecule has 0 atom stereocenters. The minimum atomic E-state index is -4.52. The fourth-order valence-electron chi connectivity index (χ4n) is 2.23. The van der Waals surface area contributed by atoms with Crippen LogP contribution in [0.4, 0.5) is 18.9 Å². The average molecular weight is 451 g/mol. The first-order valence-electron chi connectivity index (χ1n) is 7.78. The third-order valence-electron chi connectivity index (χ3n) is 3.46. The van der Waals surface area contributed by atoms with Gasteiger partial charge in [-0.25, -0.2) is 0 Å². The highest BCUT2D eigenvalue weighted by Gasteiger charge is 2.31. The van der Waals surface area contributed by atoms with E-state index in [9.17, 15) is 18.0 Å². The molecule has 0 aliphatic heterocycles. The maximum atomic E-state index is 12.8. The molecular formula is C18H16BrClF3NO2. The molecule has 0 unspecified atom stereocenters. The van der Waals surface area contributed by atoms with Crippen LogP contribution in [0.3, 0.4) is 0 Å². The van der Waals surface area contributed by atoms with Crippen LogP contribution in [-0.2, 0) is 17.4 Å². The molecule has 2 aromatic carbocycles. The molecule has 0 aliphatic rings. The van der Waals surface area contributed by atoms with Gasteiger partial charge in [0.1, 0.15) is 5.75 Å². The Bertz CT molecular complexity index is 796. The number of alkyl halides is 3. The minimum absolute atomic E-state index is 0.0106. The molecule has 0 bridgehead atoms. The molecule has 1 amide bonds. The Morgan fingerprint density at radius 3 is 2.58 bits per heavy atom. The Kier molecular flexibility index (Phi) is 6.94. The summed E-state index contributed by atoms with van der Waals surface area (Å²) in [6, 6.07) is 8.26. The standard InChI is InChI=1S/C18H16BrClF3NO2/c1-2-3-11-4-7-16(13(19)8-11)26-10-17(25)24-15-9-12(18(21,22)23)5-6-14(15)20/h4-9H,2-3,10H2,1H3,(H,24,25). The second-order valence-corrected chi connectivity index (χ2v) is 6.81. The molecule has 0 spiro atoms. The molecule has 2 rings (SSSR count). The van der Waals surface area contributed by atoms with Gasteiger partial charge in [-0.05, 0) is 58.2 Å². The fourth-order valence-corrected chi connectivity index (χ4v) is 2.94. The number of hydrogen-bond acceptors (Lipinski definition) is 2. The Morgan fingerprint density at radius 1 is 1.23 bits per heavy atom. The van der Waals surface area contributed by atoms with Gasteiger partial charge in [-0.15, -0.1) is 0 Å². The van der Waals surface area contributed by atoms with E-state index < -0.39 is 17.6 Å². The number of amides is 1. The van der Waals surface area contributed by atoms with Crippen LogP contribution in [0.1, 0.15) is 24.5 Å². The zero-order valence-electron chi connectivity index (χ0n) is 13.8. The summed E-state index contributed by atoms with van der Waals surface area (Å²) in [5.41, 5.74) is 0.117. The number of nitrogens with one attached hydrogen (secondary N) is 1. The third kappa shape index (κ3) is 5.64. The van der Waals surface area contributed by atoms with E-state index in [0.29, 0.717) is 10.2 Å². The Balaban J connectivity index is 2.01. The van der Waals surface area contributed by atoms with Crippen molar-refractivity contribution in [3.05, 3.63) is 57.0 Å². The van der Waals surface area contributed by atoms with Crippen LogP contribution in [0.5, 0.6) is 5.75 Å². The highest BCUT2D eigenvalue weighted by molar-refractivity contribution is 9.10. The Labute approximate surface area is 162 Å². The molecule has 0 fully saturated rings. The van der Waals surface area contributed by atoms with Crippen LogP contribution in [0.2, 0.25) is 5.02 Å². The number of rotatable bonds is 6. The predicted octanol–water partition coefficient (Wildman–Crippen LogP) is 6.09. The van der Waals surface area contributed by atoms with Crippen LogP contribution in [0.25, 0.3) is 0 Å². The topological polar surface area (TPSA) is 38.3 Å². The molecule has 0 aliphatic carbocycles. The quantitative estimate of drug-likeness (QED) is 0.578. The molecule has 0 saturated carbocycles. The molecule has 26 heavy (non-hydrogen) atoms. The Hall–Kier alpha value is -1.73. The van der Waals surface area contributed by atoms with Gasteiger partial charge in [0.2, 0.25) is 0 Å². The first-order chi connectivity index (χ1) is 12.2. The lowest BCUT2D eigenvalue weighted by Gasteiger charge is -2.13. The van der Waals surface area contributed by atoms with Gasteiger partial charge in [-0.2, -0.15) is 13.2 Å². The maximum absolute atomic E-state index is 12.8. The molecule has 3 nitrogen and oxygen atoms in total. The van der Waals surface area contributed by atoms with E-state index in [2.05, 4.69) is 28.2 Å². The lowest BCUT2D eigenvalue weighted by atomic mass is 10.1. The van der Waals surface area contributed by atoms with Crippen molar-refractivity contribution in [1.29, 1.82) is 0 Å². The van der Waals surface area contributed by atoms with Crippen LogP contribution < -0.4 is 10.1 Å². The van der Waals surface area contributed by atoms with E-state index in [4.69, 9.17) is 16.3 Å². The van der Waals surface area contributed by atoms with E-state index in [1.54, 1.807) is 6.07 Å². The first kappa shape index (κ1) is 20.6. The van der Waals surface area contributed by atoms with Gasteiger partial charge in [0, 0.05) is 0 Å². The van der Waals surface area contributed by atoms with Crippen molar-refractivity contribution in [3.63, 3.8) is 0 Å². The number of aryl methyl sites for hydroxylation is 1. The summed E-state index contributed by atoms with van der Waals surface area (Å²) in [5, 5.41) is 2.34. The van der Waals surface area contributed by atoms with Crippen molar-refractivity contribution >= 4 is 39.1 Å². The zero-order valence-corrected chi connectivity index (χ0v) is 16.1. The second kappa shape index (κ2) is 8.77. The summed E-state index contributed by atoms with van der Waals surface area (Å²) < 4.78 is 44.4. The lowest BCUT2D eigenvalue weighted by Crippen LogP contribution is -2.21. The molecule has 0 radical (unpaired) electrons. The lowest BCUT2D eigenvalue weighted by molar-refractivity contribution is -0.137. The van der Waals surface area contributed by atoms with Gasteiger partial charge in [-0.3, -0.25) is 4.79 Å². The van der Waals surface area contributed by atoms with E-state index >= 15 is 0 Å². The van der Waals surface area contributed by atoms with Gasteiger partial charge in [0.15, 0.2) is 6.61 Å². The van der Waals surface area contributed by atoms with Crippen molar-refractivity contribution in [3.8, 4) is 5.75 Å². The molecule has 0 heterocycles. The second-order valence-electron chi connectivity index (χ2n) is 5.54. The fraction of sp³-hybridized carbons (Fsp3) is 0.278. The zero-order chi connectivity index (χ0) is 19.3. The number of carbonyl (C=O) groups is 1. The third-order valence-corrected chi connectivity index (χ3v) is 4.41. The summed E-state index contributed by atoms with van der Waals surface area (Å²) in [5.74, 6) is -0.147.